The molecule has 0 bridgehead atoms. The monoisotopic (exact) mass is 421 g/mol. The first kappa shape index (κ1) is 22.8. The van der Waals surface area contributed by atoms with Crippen molar-refractivity contribution < 1.29 is 17.6 Å². The predicted octanol–water partition coefficient (Wildman–Crippen LogP) is 3.86. The maximum Gasteiger partial charge on any atom is 0.243 e. The standard InChI is InChI=1S/C21H28FN3O3S/c1-4-13-23-19-12-11-17(29(27,28)25(5-2)6-3)15-20(19)24-21(26)14-16-9-7-8-10-18(16)22/h7-12,15,23H,4-6,13-14H2,1-3H3,(H,24,26). The normalized spacial score (nSPS) is 11.5. The number of carbonyl (C=O) groups is 1. The Morgan fingerprint density at radius 1 is 1.03 bits per heavy atom. The molecule has 0 fully saturated rings. The summed E-state index contributed by atoms with van der Waals surface area (Å²) < 4.78 is 40.9. The molecular formula is C21H28FN3O3S. The Hall–Kier alpha value is -2.45. The molecule has 8 heteroatoms. The summed E-state index contributed by atoms with van der Waals surface area (Å²) in [4.78, 5) is 12.6. The van der Waals surface area contributed by atoms with Gasteiger partial charge in [0.25, 0.3) is 0 Å². The van der Waals surface area contributed by atoms with Gasteiger partial charge in [-0.15, -0.1) is 0 Å². The lowest BCUT2D eigenvalue weighted by molar-refractivity contribution is -0.115. The van der Waals surface area contributed by atoms with Crippen LogP contribution in [0.5, 0.6) is 0 Å². The summed E-state index contributed by atoms with van der Waals surface area (Å²) in [5.41, 5.74) is 1.25. The molecule has 0 radical (unpaired) electrons. The van der Waals surface area contributed by atoms with E-state index in [-0.39, 0.29) is 16.9 Å². The van der Waals surface area contributed by atoms with Gasteiger partial charge in [0.15, 0.2) is 0 Å². The van der Waals surface area contributed by atoms with Crippen molar-refractivity contribution in [1.29, 1.82) is 0 Å². The highest BCUT2D eigenvalue weighted by Crippen LogP contribution is 2.27. The van der Waals surface area contributed by atoms with Crippen molar-refractivity contribution in [1.82, 2.24) is 4.31 Å². The third-order valence-corrected chi connectivity index (χ3v) is 6.53. The van der Waals surface area contributed by atoms with Gasteiger partial charge in [-0.1, -0.05) is 39.0 Å². The van der Waals surface area contributed by atoms with E-state index in [1.165, 1.54) is 22.5 Å². The van der Waals surface area contributed by atoms with Crippen LogP contribution in [0.4, 0.5) is 15.8 Å². The van der Waals surface area contributed by atoms with Gasteiger partial charge in [-0.05, 0) is 36.2 Å². The van der Waals surface area contributed by atoms with E-state index in [1.54, 1.807) is 38.1 Å². The fourth-order valence-electron chi connectivity index (χ4n) is 2.92. The Morgan fingerprint density at radius 2 is 1.72 bits per heavy atom. The van der Waals surface area contributed by atoms with E-state index in [4.69, 9.17) is 0 Å². The van der Waals surface area contributed by atoms with Gasteiger partial charge in [0.1, 0.15) is 5.82 Å². The summed E-state index contributed by atoms with van der Waals surface area (Å²) >= 11 is 0. The molecule has 0 aromatic heterocycles. The number of rotatable bonds is 10. The second-order valence-electron chi connectivity index (χ2n) is 6.54. The largest absolute Gasteiger partial charge is 0.383 e. The molecule has 6 nitrogen and oxygen atoms in total. The van der Waals surface area contributed by atoms with Gasteiger partial charge < -0.3 is 10.6 Å². The number of halogens is 1. The van der Waals surface area contributed by atoms with Gasteiger partial charge in [-0.25, -0.2) is 12.8 Å². The molecule has 0 aliphatic rings. The number of hydrogen-bond acceptors (Lipinski definition) is 4. The van der Waals surface area contributed by atoms with Gasteiger partial charge in [-0.3, -0.25) is 4.79 Å². The molecule has 0 atom stereocenters. The van der Waals surface area contributed by atoms with E-state index in [2.05, 4.69) is 10.6 Å². The summed E-state index contributed by atoms with van der Waals surface area (Å²) in [5, 5.41) is 5.91. The molecule has 0 saturated heterocycles. The maximum atomic E-state index is 13.8. The lowest BCUT2D eigenvalue weighted by Crippen LogP contribution is -2.30. The lowest BCUT2D eigenvalue weighted by Gasteiger charge is -2.20. The average Bonchev–Trinajstić information content (AvgIpc) is 2.69. The van der Waals surface area contributed by atoms with Crippen molar-refractivity contribution in [2.24, 2.45) is 0 Å². The van der Waals surface area contributed by atoms with Crippen LogP contribution in [0.3, 0.4) is 0 Å². The summed E-state index contributed by atoms with van der Waals surface area (Å²) in [5.74, 6) is -0.878. The van der Waals surface area contributed by atoms with Crippen LogP contribution in [-0.2, 0) is 21.2 Å². The van der Waals surface area contributed by atoms with Crippen molar-refractivity contribution in [3.8, 4) is 0 Å². The van der Waals surface area contributed by atoms with Crippen LogP contribution in [0.1, 0.15) is 32.8 Å². The third kappa shape index (κ3) is 5.77. The van der Waals surface area contributed by atoms with Crippen molar-refractivity contribution in [2.75, 3.05) is 30.3 Å². The van der Waals surface area contributed by atoms with E-state index in [9.17, 15) is 17.6 Å². The maximum absolute atomic E-state index is 13.8. The van der Waals surface area contributed by atoms with Crippen LogP contribution in [0.2, 0.25) is 0 Å². The number of anilines is 2. The summed E-state index contributed by atoms with van der Waals surface area (Å²) in [6.07, 6.45) is 0.717. The summed E-state index contributed by atoms with van der Waals surface area (Å²) in [6.45, 7) is 6.92. The number of nitrogens with zero attached hydrogens (tertiary/aromatic N) is 1. The SMILES string of the molecule is CCCNc1ccc(S(=O)(=O)N(CC)CC)cc1NC(=O)Cc1ccccc1F. The summed E-state index contributed by atoms with van der Waals surface area (Å²) in [6, 6.07) is 10.7. The Morgan fingerprint density at radius 3 is 2.34 bits per heavy atom. The number of nitrogens with one attached hydrogen (secondary N) is 2. The molecule has 0 heterocycles. The molecule has 2 aromatic rings. The van der Waals surface area contributed by atoms with Crippen LogP contribution in [-0.4, -0.2) is 38.3 Å². The van der Waals surface area contributed by atoms with Crippen molar-refractivity contribution >= 4 is 27.3 Å². The first-order valence-corrected chi connectivity index (χ1v) is 11.2. The fraction of sp³-hybridized carbons (Fsp3) is 0.381. The Bertz CT molecular complexity index is 944. The molecule has 0 aliphatic carbocycles. The minimum absolute atomic E-state index is 0.101. The van der Waals surface area contributed by atoms with E-state index < -0.39 is 21.7 Å². The van der Waals surface area contributed by atoms with E-state index in [0.29, 0.717) is 31.0 Å². The smallest absolute Gasteiger partial charge is 0.243 e. The zero-order valence-electron chi connectivity index (χ0n) is 17.0. The zero-order valence-corrected chi connectivity index (χ0v) is 17.9. The number of sulfonamides is 1. The summed E-state index contributed by atoms with van der Waals surface area (Å²) in [7, 11) is -3.67. The van der Waals surface area contributed by atoms with Crippen LogP contribution in [0, 0.1) is 5.82 Å². The number of amides is 1. The first-order chi connectivity index (χ1) is 13.8. The third-order valence-electron chi connectivity index (χ3n) is 4.48. The van der Waals surface area contributed by atoms with E-state index >= 15 is 0 Å². The molecule has 0 saturated carbocycles. The lowest BCUT2D eigenvalue weighted by atomic mass is 10.1. The molecule has 0 unspecified atom stereocenters. The van der Waals surface area contributed by atoms with Gasteiger partial charge >= 0.3 is 0 Å². The van der Waals surface area contributed by atoms with Gasteiger partial charge in [0.2, 0.25) is 15.9 Å². The predicted molar refractivity (Wildman–Crippen MR) is 114 cm³/mol. The minimum atomic E-state index is -3.67. The van der Waals surface area contributed by atoms with Gasteiger partial charge in [0, 0.05) is 19.6 Å². The second-order valence-corrected chi connectivity index (χ2v) is 8.48. The van der Waals surface area contributed by atoms with Crippen LogP contribution < -0.4 is 10.6 Å². The highest BCUT2D eigenvalue weighted by molar-refractivity contribution is 7.89. The molecule has 2 rings (SSSR count). The van der Waals surface area contributed by atoms with E-state index in [1.807, 2.05) is 6.92 Å². The second kappa shape index (κ2) is 10.4. The molecule has 29 heavy (non-hydrogen) atoms. The van der Waals surface area contributed by atoms with Crippen LogP contribution in [0.15, 0.2) is 47.4 Å². The zero-order chi connectivity index (χ0) is 21.4. The topological polar surface area (TPSA) is 78.5 Å². The Kier molecular flexibility index (Phi) is 8.16. The molecule has 0 spiro atoms. The average molecular weight is 422 g/mol. The van der Waals surface area contributed by atoms with Crippen LogP contribution in [0.25, 0.3) is 0 Å². The Labute approximate surface area is 172 Å². The fourth-order valence-corrected chi connectivity index (χ4v) is 4.41. The molecule has 158 valence electrons. The molecule has 2 aromatic carbocycles. The molecule has 2 N–H and O–H groups in total. The molecule has 1 amide bonds. The van der Waals surface area contributed by atoms with E-state index in [0.717, 1.165) is 6.42 Å². The number of benzene rings is 2. The number of carbonyl (C=O) groups excluding carboxylic acids is 1. The molecular weight excluding hydrogens is 393 g/mol. The quantitative estimate of drug-likeness (QED) is 0.611. The Balaban J connectivity index is 2.34. The van der Waals surface area contributed by atoms with Crippen molar-refractivity contribution in [3.05, 3.63) is 53.8 Å². The highest BCUT2D eigenvalue weighted by atomic mass is 32.2. The highest BCUT2D eigenvalue weighted by Gasteiger charge is 2.23. The van der Waals surface area contributed by atoms with Crippen molar-refractivity contribution in [2.45, 2.75) is 38.5 Å². The van der Waals surface area contributed by atoms with Crippen LogP contribution >= 0.6 is 0 Å². The molecule has 0 aliphatic heterocycles. The van der Waals surface area contributed by atoms with Gasteiger partial charge in [-0.2, -0.15) is 4.31 Å². The van der Waals surface area contributed by atoms with Gasteiger partial charge in [0.05, 0.1) is 22.7 Å². The number of hydrogen-bond donors (Lipinski definition) is 2. The van der Waals surface area contributed by atoms with Crippen molar-refractivity contribution in [3.63, 3.8) is 0 Å². The minimum Gasteiger partial charge on any atom is -0.383 e. The first-order valence-electron chi connectivity index (χ1n) is 9.74.